The van der Waals surface area contributed by atoms with Crippen LogP contribution in [0.1, 0.15) is 28.7 Å². The Hall–Kier alpha value is -8.60. The van der Waals surface area contributed by atoms with Crippen molar-refractivity contribution in [2.24, 2.45) is 0 Å². The number of rotatable bonds is 8. The Balaban J connectivity index is 0.854. The fraction of sp³-hybridized carbons (Fsp3) is 0.0323. The van der Waals surface area contributed by atoms with Crippen LogP contribution in [0, 0.1) is 0 Å². The molecule has 0 spiro atoms. The van der Waals surface area contributed by atoms with E-state index < -0.39 is 5.41 Å². The first-order valence-electron chi connectivity index (χ1n) is 22.5. The second-order valence-corrected chi connectivity index (χ2v) is 16.9. The van der Waals surface area contributed by atoms with Crippen molar-refractivity contribution in [1.82, 2.24) is 9.13 Å². The highest BCUT2D eigenvalue weighted by molar-refractivity contribution is 6.10. The highest BCUT2D eigenvalue weighted by Gasteiger charge is 2.37. The lowest BCUT2D eigenvalue weighted by Crippen LogP contribution is -2.30. The standard InChI is InChI=1S/C62H44N2O2/c1-43-15-3-2-14-42-62(57-21-9-4-16-52(43)57,44-26-34-48(35-27-44)65-50-38-30-46(31-39-50)63-58-22-10-5-17-53(58)54-18-6-11-23-59(54)63)45-28-36-49(37-29-45)66-51-40-32-47(33-41-51)64-60-24-12-7-19-55(60)56-20-8-13-25-61(56)64/h2-41H,1,42H2/b14-2-,15-3-. The SMILES string of the molecule is C=C1/C=C\C=C/CC(c2ccc(Oc3ccc(-n4c5ccccc5c5ccccc54)cc3)cc2)(c2ccc(Oc3ccc(-n4c5ccccc5c5ccccc54)cc3)cc2)c2ccccc21. The van der Waals surface area contributed by atoms with Crippen LogP contribution in [-0.4, -0.2) is 9.13 Å². The molecule has 0 bridgehead atoms. The van der Waals surface area contributed by atoms with E-state index >= 15 is 0 Å². The number of aromatic nitrogens is 2. The average molecular weight is 849 g/mol. The number of hydrogen-bond donors (Lipinski definition) is 0. The molecule has 12 rings (SSSR count). The Morgan fingerprint density at radius 3 is 1.17 bits per heavy atom. The number of allylic oxidation sites excluding steroid dienone is 5. The molecule has 0 saturated heterocycles. The van der Waals surface area contributed by atoms with Gasteiger partial charge in [0.25, 0.3) is 0 Å². The summed E-state index contributed by atoms with van der Waals surface area (Å²) < 4.78 is 17.7. The van der Waals surface area contributed by atoms with Gasteiger partial charge in [-0.05, 0) is 131 Å². The van der Waals surface area contributed by atoms with Gasteiger partial charge in [0.05, 0.1) is 22.1 Å². The predicted octanol–water partition coefficient (Wildman–Crippen LogP) is 16.3. The third kappa shape index (κ3) is 6.62. The van der Waals surface area contributed by atoms with Gasteiger partial charge >= 0.3 is 0 Å². The average Bonchev–Trinajstić information content (AvgIpc) is 3.91. The van der Waals surface area contributed by atoms with Crippen LogP contribution in [0.2, 0.25) is 0 Å². The van der Waals surface area contributed by atoms with E-state index in [1.807, 2.05) is 0 Å². The van der Waals surface area contributed by atoms with E-state index in [0.717, 1.165) is 63.1 Å². The highest BCUT2D eigenvalue weighted by Crippen LogP contribution is 2.47. The summed E-state index contributed by atoms with van der Waals surface area (Å²) >= 11 is 0. The minimum absolute atomic E-state index is 0.549. The number of benzene rings is 9. The molecule has 1 aliphatic carbocycles. The molecule has 2 aromatic heterocycles. The van der Waals surface area contributed by atoms with Crippen molar-refractivity contribution in [3.05, 3.63) is 272 Å². The van der Waals surface area contributed by atoms with Gasteiger partial charge in [-0.25, -0.2) is 0 Å². The number of fused-ring (bicyclic) bond motifs is 7. The molecule has 4 nitrogen and oxygen atoms in total. The number of para-hydroxylation sites is 4. The van der Waals surface area contributed by atoms with E-state index in [1.165, 1.54) is 49.2 Å². The summed E-state index contributed by atoms with van der Waals surface area (Å²) in [7, 11) is 0. The van der Waals surface area contributed by atoms with E-state index in [0.29, 0.717) is 0 Å². The molecular formula is C62H44N2O2. The van der Waals surface area contributed by atoms with Crippen molar-refractivity contribution < 1.29 is 9.47 Å². The molecule has 0 N–H and O–H groups in total. The normalized spacial score (nSPS) is 14.4. The van der Waals surface area contributed by atoms with Crippen molar-refractivity contribution in [1.29, 1.82) is 0 Å². The minimum Gasteiger partial charge on any atom is -0.457 e. The van der Waals surface area contributed by atoms with E-state index in [9.17, 15) is 0 Å². The quantitative estimate of drug-likeness (QED) is 0.152. The zero-order valence-electron chi connectivity index (χ0n) is 36.2. The van der Waals surface area contributed by atoms with Crippen molar-refractivity contribution >= 4 is 49.2 Å². The molecule has 11 aromatic rings. The summed E-state index contributed by atoms with van der Waals surface area (Å²) in [6.45, 7) is 4.51. The molecule has 0 aliphatic heterocycles. The van der Waals surface area contributed by atoms with Gasteiger partial charge in [-0.2, -0.15) is 0 Å². The summed E-state index contributed by atoms with van der Waals surface area (Å²) in [4.78, 5) is 0. The van der Waals surface area contributed by atoms with Crippen molar-refractivity contribution in [2.75, 3.05) is 0 Å². The molecule has 0 radical (unpaired) electrons. The zero-order chi connectivity index (χ0) is 44.0. The van der Waals surface area contributed by atoms with Crippen LogP contribution in [0.25, 0.3) is 60.6 Å². The van der Waals surface area contributed by atoms with Gasteiger partial charge in [-0.1, -0.05) is 152 Å². The lowest BCUT2D eigenvalue weighted by atomic mass is 9.65. The first-order chi connectivity index (χ1) is 32.6. The summed E-state index contributed by atoms with van der Waals surface area (Å²) in [6, 6.07) is 76.9. The molecule has 0 fully saturated rings. The molecular weight excluding hydrogens is 805 g/mol. The topological polar surface area (TPSA) is 28.3 Å². The van der Waals surface area contributed by atoms with E-state index in [2.05, 4.69) is 258 Å². The first kappa shape index (κ1) is 39.0. The third-order valence-electron chi connectivity index (χ3n) is 13.2. The molecule has 2 heterocycles. The van der Waals surface area contributed by atoms with Crippen LogP contribution in [-0.2, 0) is 5.41 Å². The number of ether oxygens (including phenoxy) is 2. The van der Waals surface area contributed by atoms with Crippen LogP contribution in [0.15, 0.2) is 249 Å². The largest absolute Gasteiger partial charge is 0.457 e. The maximum Gasteiger partial charge on any atom is 0.127 e. The lowest BCUT2D eigenvalue weighted by Gasteiger charge is -2.37. The molecule has 0 saturated carbocycles. The Bertz CT molecular complexity index is 3350. The van der Waals surface area contributed by atoms with Crippen LogP contribution < -0.4 is 9.47 Å². The highest BCUT2D eigenvalue weighted by atomic mass is 16.5. The zero-order valence-corrected chi connectivity index (χ0v) is 36.2. The fourth-order valence-electron chi connectivity index (χ4n) is 10.2. The van der Waals surface area contributed by atoms with Gasteiger partial charge in [-0.15, -0.1) is 0 Å². The van der Waals surface area contributed by atoms with Gasteiger partial charge in [-0.3, -0.25) is 0 Å². The maximum absolute atomic E-state index is 6.53. The monoisotopic (exact) mass is 848 g/mol. The maximum atomic E-state index is 6.53. The van der Waals surface area contributed by atoms with Gasteiger partial charge in [0, 0.05) is 38.3 Å². The molecule has 0 unspecified atom stereocenters. The Morgan fingerprint density at radius 2 is 0.742 bits per heavy atom. The number of hydrogen-bond acceptors (Lipinski definition) is 2. The Kier molecular flexibility index (Phi) is 9.57. The first-order valence-corrected chi connectivity index (χ1v) is 22.5. The molecule has 4 heteroatoms. The van der Waals surface area contributed by atoms with Gasteiger partial charge in [0.15, 0.2) is 0 Å². The van der Waals surface area contributed by atoms with E-state index in [-0.39, 0.29) is 0 Å². The van der Waals surface area contributed by atoms with Gasteiger partial charge in [0.1, 0.15) is 23.0 Å². The summed E-state index contributed by atoms with van der Waals surface area (Å²) in [5.41, 5.74) is 11.9. The summed E-state index contributed by atoms with van der Waals surface area (Å²) in [5, 5.41) is 4.97. The Morgan fingerprint density at radius 1 is 0.379 bits per heavy atom. The summed E-state index contributed by atoms with van der Waals surface area (Å²) in [5.74, 6) is 3.09. The molecule has 314 valence electrons. The second kappa shape index (κ2) is 16.2. The number of nitrogens with zero attached hydrogens (tertiary/aromatic N) is 2. The minimum atomic E-state index is -0.549. The third-order valence-corrected chi connectivity index (χ3v) is 13.2. The van der Waals surface area contributed by atoms with Crippen LogP contribution in [0.5, 0.6) is 23.0 Å². The molecule has 9 aromatic carbocycles. The second-order valence-electron chi connectivity index (χ2n) is 16.9. The van der Waals surface area contributed by atoms with E-state index in [1.54, 1.807) is 0 Å². The van der Waals surface area contributed by atoms with Crippen molar-refractivity contribution in [3.63, 3.8) is 0 Å². The van der Waals surface area contributed by atoms with Crippen LogP contribution >= 0.6 is 0 Å². The Labute approximate surface area is 383 Å². The van der Waals surface area contributed by atoms with Crippen LogP contribution in [0.3, 0.4) is 0 Å². The summed E-state index contributed by atoms with van der Waals surface area (Å²) in [6.07, 6.45) is 9.31. The van der Waals surface area contributed by atoms with E-state index in [4.69, 9.17) is 9.47 Å². The lowest BCUT2D eigenvalue weighted by molar-refractivity contribution is 0.481. The smallest absolute Gasteiger partial charge is 0.127 e. The molecule has 66 heavy (non-hydrogen) atoms. The van der Waals surface area contributed by atoms with Crippen LogP contribution in [0.4, 0.5) is 0 Å². The van der Waals surface area contributed by atoms with Crippen molar-refractivity contribution in [3.8, 4) is 34.4 Å². The molecule has 1 aliphatic rings. The van der Waals surface area contributed by atoms with Gasteiger partial charge < -0.3 is 18.6 Å². The van der Waals surface area contributed by atoms with Crippen molar-refractivity contribution in [2.45, 2.75) is 11.8 Å². The van der Waals surface area contributed by atoms with Gasteiger partial charge in [0.2, 0.25) is 0 Å². The predicted molar refractivity (Wildman–Crippen MR) is 273 cm³/mol. The molecule has 0 amide bonds. The molecule has 0 atom stereocenters. The fourth-order valence-corrected chi connectivity index (χ4v) is 10.2.